The van der Waals surface area contributed by atoms with E-state index < -0.39 is 0 Å². The summed E-state index contributed by atoms with van der Waals surface area (Å²) in [6, 6.07) is 0. The number of nitrogens with zero attached hydrogens (tertiary/aromatic N) is 5. The zero-order valence-corrected chi connectivity index (χ0v) is 14.2. The van der Waals surface area contributed by atoms with Gasteiger partial charge in [0.2, 0.25) is 5.91 Å². The van der Waals surface area contributed by atoms with Crippen LogP contribution in [-0.4, -0.2) is 70.1 Å². The van der Waals surface area contributed by atoms with Crippen LogP contribution in [0.3, 0.4) is 0 Å². The Morgan fingerprint density at radius 2 is 2.33 bits per heavy atom. The highest BCUT2D eigenvalue weighted by Crippen LogP contribution is 2.19. The molecule has 1 aliphatic rings. The fourth-order valence-electron chi connectivity index (χ4n) is 3.00. The lowest BCUT2D eigenvalue weighted by molar-refractivity contribution is -0.133. The molecule has 8 nitrogen and oxygen atoms in total. The summed E-state index contributed by atoms with van der Waals surface area (Å²) in [6.45, 7) is 4.59. The molecule has 1 fully saturated rings. The lowest BCUT2D eigenvalue weighted by Crippen LogP contribution is -2.47. The third kappa shape index (κ3) is 3.64. The van der Waals surface area contributed by atoms with Crippen molar-refractivity contribution in [1.29, 1.82) is 0 Å². The predicted octanol–water partition coefficient (Wildman–Crippen LogP) is 1.21. The molecule has 3 rings (SSSR count). The van der Waals surface area contributed by atoms with Gasteiger partial charge in [0.05, 0.1) is 19.0 Å². The van der Waals surface area contributed by atoms with Gasteiger partial charge in [0.1, 0.15) is 11.8 Å². The lowest BCUT2D eigenvalue weighted by atomic mass is 10.1. The Morgan fingerprint density at radius 3 is 3.17 bits per heavy atom. The van der Waals surface area contributed by atoms with E-state index in [1.807, 2.05) is 16.8 Å². The quantitative estimate of drug-likeness (QED) is 0.855. The number of likely N-dealkylation sites (N-methyl/N-ethyl adjacent to an activating group) is 1. The summed E-state index contributed by atoms with van der Waals surface area (Å²) in [5, 5.41) is 0. The number of aromatic nitrogens is 4. The molecule has 0 bridgehead atoms. The van der Waals surface area contributed by atoms with E-state index in [-0.39, 0.29) is 18.6 Å². The fourth-order valence-corrected chi connectivity index (χ4v) is 3.00. The van der Waals surface area contributed by atoms with E-state index in [1.54, 1.807) is 6.33 Å². The second-order valence-corrected chi connectivity index (χ2v) is 6.13. The summed E-state index contributed by atoms with van der Waals surface area (Å²) in [5.74, 6) is 0.773. The number of anilines is 1. The van der Waals surface area contributed by atoms with Gasteiger partial charge in [0, 0.05) is 26.7 Å². The first kappa shape index (κ1) is 16.6. The summed E-state index contributed by atoms with van der Waals surface area (Å²) in [7, 11) is 1.86. The molecule has 2 aromatic heterocycles. The van der Waals surface area contributed by atoms with E-state index in [2.05, 4.69) is 26.9 Å². The minimum atomic E-state index is 0.0913. The molecule has 0 saturated carbocycles. The molecule has 0 unspecified atom stereocenters. The minimum Gasteiger partial charge on any atom is -0.376 e. The SMILES string of the molecule is CCCO[C@H]1CCCN(C(=O)CN(C)c2ncnc3nc[nH]c23)C1. The number of nitrogens with one attached hydrogen (secondary N) is 1. The van der Waals surface area contributed by atoms with Crippen LogP contribution in [0.25, 0.3) is 11.2 Å². The highest BCUT2D eigenvalue weighted by molar-refractivity contribution is 5.87. The summed E-state index contributed by atoms with van der Waals surface area (Å²) < 4.78 is 5.81. The smallest absolute Gasteiger partial charge is 0.242 e. The largest absolute Gasteiger partial charge is 0.376 e. The van der Waals surface area contributed by atoms with E-state index >= 15 is 0 Å². The third-order valence-corrected chi connectivity index (χ3v) is 4.23. The van der Waals surface area contributed by atoms with Gasteiger partial charge in [-0.1, -0.05) is 6.92 Å². The minimum absolute atomic E-state index is 0.0913. The van der Waals surface area contributed by atoms with Crippen molar-refractivity contribution in [2.45, 2.75) is 32.3 Å². The van der Waals surface area contributed by atoms with Crippen LogP contribution in [0.4, 0.5) is 5.82 Å². The fraction of sp³-hybridized carbons (Fsp3) is 0.625. The van der Waals surface area contributed by atoms with Gasteiger partial charge < -0.3 is 19.5 Å². The topological polar surface area (TPSA) is 87.2 Å². The average Bonchev–Trinajstić information content (AvgIpc) is 3.08. The van der Waals surface area contributed by atoms with Gasteiger partial charge in [-0.3, -0.25) is 4.79 Å². The molecule has 2 aromatic rings. The van der Waals surface area contributed by atoms with Gasteiger partial charge in [-0.25, -0.2) is 15.0 Å². The van der Waals surface area contributed by atoms with Crippen molar-refractivity contribution >= 4 is 22.9 Å². The van der Waals surface area contributed by atoms with Crippen LogP contribution in [0.1, 0.15) is 26.2 Å². The van der Waals surface area contributed by atoms with Crippen molar-refractivity contribution < 1.29 is 9.53 Å². The first-order chi connectivity index (χ1) is 11.7. The van der Waals surface area contributed by atoms with E-state index in [4.69, 9.17) is 4.74 Å². The molecule has 130 valence electrons. The van der Waals surface area contributed by atoms with Gasteiger partial charge in [-0.15, -0.1) is 0 Å². The second kappa shape index (κ2) is 7.57. The highest BCUT2D eigenvalue weighted by Gasteiger charge is 2.25. The molecule has 0 spiro atoms. The van der Waals surface area contributed by atoms with Gasteiger partial charge in [-0.05, 0) is 19.3 Å². The summed E-state index contributed by atoms with van der Waals surface area (Å²) in [4.78, 5) is 31.9. The van der Waals surface area contributed by atoms with Crippen LogP contribution in [0.2, 0.25) is 0 Å². The number of piperidine rings is 1. The summed E-state index contributed by atoms with van der Waals surface area (Å²) in [6.07, 6.45) is 6.23. The van der Waals surface area contributed by atoms with Gasteiger partial charge >= 0.3 is 0 Å². The van der Waals surface area contributed by atoms with Crippen LogP contribution in [0, 0.1) is 0 Å². The maximum Gasteiger partial charge on any atom is 0.242 e. The Morgan fingerprint density at radius 1 is 1.46 bits per heavy atom. The molecule has 1 N–H and O–H groups in total. The van der Waals surface area contributed by atoms with Gasteiger partial charge in [0.25, 0.3) is 0 Å². The summed E-state index contributed by atoms with van der Waals surface area (Å²) in [5.41, 5.74) is 1.35. The number of rotatable bonds is 6. The maximum atomic E-state index is 12.6. The van der Waals surface area contributed by atoms with Crippen LogP contribution in [0.15, 0.2) is 12.7 Å². The average molecular weight is 332 g/mol. The number of carbonyl (C=O) groups excluding carboxylic acids is 1. The van der Waals surface area contributed by atoms with Crippen LogP contribution in [-0.2, 0) is 9.53 Å². The number of fused-ring (bicyclic) bond motifs is 1. The zero-order chi connectivity index (χ0) is 16.9. The maximum absolute atomic E-state index is 12.6. The van der Waals surface area contributed by atoms with Crippen molar-refractivity contribution in [1.82, 2.24) is 24.8 Å². The van der Waals surface area contributed by atoms with E-state index in [0.717, 1.165) is 37.9 Å². The number of likely N-dealkylation sites (tertiary alicyclic amines) is 1. The molecule has 0 aromatic carbocycles. The zero-order valence-electron chi connectivity index (χ0n) is 14.2. The van der Waals surface area contributed by atoms with Gasteiger partial charge in [-0.2, -0.15) is 0 Å². The summed E-state index contributed by atoms with van der Waals surface area (Å²) >= 11 is 0. The highest BCUT2D eigenvalue weighted by atomic mass is 16.5. The molecule has 0 aliphatic carbocycles. The molecular weight excluding hydrogens is 308 g/mol. The van der Waals surface area contributed by atoms with Crippen molar-refractivity contribution in [3.05, 3.63) is 12.7 Å². The predicted molar refractivity (Wildman–Crippen MR) is 90.8 cm³/mol. The molecule has 1 saturated heterocycles. The van der Waals surface area contributed by atoms with Crippen LogP contribution < -0.4 is 4.90 Å². The molecule has 3 heterocycles. The van der Waals surface area contributed by atoms with E-state index in [9.17, 15) is 4.79 Å². The first-order valence-electron chi connectivity index (χ1n) is 8.43. The molecule has 1 atom stereocenters. The van der Waals surface area contributed by atoms with Crippen molar-refractivity contribution in [2.75, 3.05) is 38.2 Å². The Balaban J connectivity index is 1.62. The molecule has 1 aliphatic heterocycles. The third-order valence-electron chi connectivity index (χ3n) is 4.23. The number of aromatic amines is 1. The van der Waals surface area contributed by atoms with Crippen LogP contribution >= 0.6 is 0 Å². The Labute approximate surface area is 141 Å². The number of ether oxygens (including phenoxy) is 1. The molecule has 0 radical (unpaired) electrons. The van der Waals surface area contributed by atoms with E-state index in [0.29, 0.717) is 18.0 Å². The van der Waals surface area contributed by atoms with Crippen LogP contribution in [0.5, 0.6) is 0 Å². The Hall–Kier alpha value is -2.22. The first-order valence-corrected chi connectivity index (χ1v) is 8.43. The standard InChI is InChI=1S/C16H24N6O2/c1-3-7-24-12-5-4-6-22(8-12)13(23)9-21(2)16-14-15(18-10-17-14)19-11-20-16/h10-12H,3-9H2,1-2H3,(H,17,18,19,20)/t12-/m0/s1. The number of imidazole rings is 1. The van der Waals surface area contributed by atoms with Gasteiger partial charge in [0.15, 0.2) is 11.5 Å². The Kier molecular flexibility index (Phi) is 5.24. The lowest BCUT2D eigenvalue weighted by Gasteiger charge is -2.33. The molecule has 8 heteroatoms. The number of hydrogen-bond donors (Lipinski definition) is 1. The normalized spacial score (nSPS) is 18.1. The number of carbonyl (C=O) groups is 1. The van der Waals surface area contributed by atoms with Crippen molar-refractivity contribution in [3.63, 3.8) is 0 Å². The van der Waals surface area contributed by atoms with Crippen molar-refractivity contribution in [2.24, 2.45) is 0 Å². The number of H-pyrrole nitrogens is 1. The molecular formula is C16H24N6O2. The van der Waals surface area contributed by atoms with E-state index in [1.165, 1.54) is 6.33 Å². The molecule has 1 amide bonds. The Bertz CT molecular complexity index is 688. The monoisotopic (exact) mass is 332 g/mol. The molecule has 24 heavy (non-hydrogen) atoms. The second-order valence-electron chi connectivity index (χ2n) is 6.13. The van der Waals surface area contributed by atoms with Crippen molar-refractivity contribution in [3.8, 4) is 0 Å². The number of amides is 1. The number of hydrogen-bond acceptors (Lipinski definition) is 6.